The second-order valence-corrected chi connectivity index (χ2v) is 6.11. The number of carbonyl (C=O) groups excluding carboxylic acids is 1. The molecule has 2 aromatic heterocycles. The number of likely N-dealkylation sites (N-methyl/N-ethyl adjacent to an activating group) is 1. The summed E-state index contributed by atoms with van der Waals surface area (Å²) in [6, 6.07) is 0.348. The van der Waals surface area contributed by atoms with E-state index < -0.39 is 0 Å². The van der Waals surface area contributed by atoms with E-state index in [0.717, 1.165) is 30.0 Å². The first-order valence-corrected chi connectivity index (χ1v) is 8.64. The summed E-state index contributed by atoms with van der Waals surface area (Å²) in [6.07, 6.45) is 2.61. The Morgan fingerprint density at radius 3 is 2.71 bits per heavy atom. The van der Waals surface area contributed by atoms with Gasteiger partial charge in [-0.15, -0.1) is 0 Å². The van der Waals surface area contributed by atoms with E-state index in [4.69, 9.17) is 0 Å². The lowest BCUT2D eigenvalue weighted by atomic mass is 10.1. The number of carbonyl (C=O) groups is 1. The van der Waals surface area contributed by atoms with Crippen LogP contribution >= 0.6 is 0 Å². The maximum Gasteiger partial charge on any atom is 0.252 e. The van der Waals surface area contributed by atoms with E-state index in [-0.39, 0.29) is 5.91 Å². The van der Waals surface area contributed by atoms with Crippen LogP contribution in [0, 0.1) is 13.8 Å². The molecule has 0 radical (unpaired) electrons. The maximum absolute atomic E-state index is 12.2. The Morgan fingerprint density at radius 2 is 2.04 bits per heavy atom. The van der Waals surface area contributed by atoms with Crippen molar-refractivity contribution < 1.29 is 4.79 Å². The molecule has 2 rings (SSSR count). The summed E-state index contributed by atoms with van der Waals surface area (Å²) >= 11 is 0. The Morgan fingerprint density at radius 1 is 1.33 bits per heavy atom. The fourth-order valence-electron chi connectivity index (χ4n) is 3.08. The van der Waals surface area contributed by atoms with Crippen LogP contribution in [0.25, 0.3) is 5.78 Å². The summed E-state index contributed by atoms with van der Waals surface area (Å²) in [5, 5.41) is 7.22. The topological polar surface area (TPSA) is 75.4 Å². The normalized spacial score (nSPS) is 12.8. The largest absolute Gasteiger partial charge is 0.355 e. The number of hydrogen-bond donors (Lipinski definition) is 1. The number of aromatic nitrogens is 4. The van der Waals surface area contributed by atoms with Crippen molar-refractivity contribution in [3.63, 3.8) is 0 Å². The fraction of sp³-hybridized carbons (Fsp3) is 0.647. The predicted molar refractivity (Wildman–Crippen MR) is 94.0 cm³/mol. The van der Waals surface area contributed by atoms with Crippen LogP contribution in [-0.4, -0.2) is 56.1 Å². The molecule has 1 amide bonds. The minimum atomic E-state index is 0.0755. The molecule has 0 spiro atoms. The van der Waals surface area contributed by atoms with Gasteiger partial charge in [-0.25, -0.2) is 9.50 Å². The molecule has 1 unspecified atom stereocenters. The van der Waals surface area contributed by atoms with Gasteiger partial charge in [-0.05, 0) is 45.8 Å². The molecule has 24 heavy (non-hydrogen) atoms. The molecule has 0 fully saturated rings. The van der Waals surface area contributed by atoms with Gasteiger partial charge in [0, 0.05) is 30.4 Å². The number of nitrogens with one attached hydrogen (secondary N) is 1. The monoisotopic (exact) mass is 332 g/mol. The quantitative estimate of drug-likeness (QED) is 0.793. The van der Waals surface area contributed by atoms with Crippen molar-refractivity contribution in [2.75, 3.05) is 19.6 Å². The number of fused-ring (bicyclic) bond motifs is 1. The Labute approximate surface area is 143 Å². The smallest absolute Gasteiger partial charge is 0.252 e. The highest BCUT2D eigenvalue weighted by molar-refractivity contribution is 5.76. The maximum atomic E-state index is 12.2. The van der Waals surface area contributed by atoms with E-state index >= 15 is 0 Å². The third-order valence-electron chi connectivity index (χ3n) is 4.62. The van der Waals surface area contributed by atoms with Crippen LogP contribution in [0.1, 0.15) is 44.1 Å². The van der Waals surface area contributed by atoms with Crippen LogP contribution in [0.2, 0.25) is 0 Å². The molecular formula is C17H28N6O. The molecule has 2 aromatic rings. The van der Waals surface area contributed by atoms with Gasteiger partial charge >= 0.3 is 0 Å². The van der Waals surface area contributed by atoms with Crippen molar-refractivity contribution in [2.45, 2.75) is 53.5 Å². The zero-order valence-electron chi connectivity index (χ0n) is 15.3. The average Bonchev–Trinajstić information content (AvgIpc) is 3.02. The average molecular weight is 332 g/mol. The summed E-state index contributed by atoms with van der Waals surface area (Å²) < 4.78 is 1.72. The van der Waals surface area contributed by atoms with Crippen LogP contribution in [0.5, 0.6) is 0 Å². The molecule has 2 heterocycles. The van der Waals surface area contributed by atoms with Crippen molar-refractivity contribution in [3.05, 3.63) is 23.3 Å². The van der Waals surface area contributed by atoms with Crippen molar-refractivity contribution in [1.29, 1.82) is 0 Å². The number of nitrogens with zero attached hydrogens (tertiary/aromatic N) is 5. The van der Waals surface area contributed by atoms with Gasteiger partial charge < -0.3 is 5.32 Å². The van der Waals surface area contributed by atoms with E-state index in [1.54, 1.807) is 4.52 Å². The van der Waals surface area contributed by atoms with Gasteiger partial charge in [0.05, 0.1) is 0 Å². The zero-order chi connectivity index (χ0) is 17.7. The van der Waals surface area contributed by atoms with E-state index in [1.165, 1.54) is 6.33 Å². The van der Waals surface area contributed by atoms with Gasteiger partial charge in [-0.3, -0.25) is 9.69 Å². The van der Waals surface area contributed by atoms with Gasteiger partial charge in [0.2, 0.25) is 5.91 Å². The second kappa shape index (κ2) is 8.19. The second-order valence-electron chi connectivity index (χ2n) is 6.11. The van der Waals surface area contributed by atoms with Crippen molar-refractivity contribution in [3.8, 4) is 0 Å². The first kappa shape index (κ1) is 18.3. The molecule has 1 N–H and O–H groups in total. The molecule has 0 aliphatic carbocycles. The highest BCUT2D eigenvalue weighted by atomic mass is 16.1. The van der Waals surface area contributed by atoms with E-state index in [9.17, 15) is 4.79 Å². The lowest BCUT2D eigenvalue weighted by molar-refractivity contribution is -0.121. The molecule has 0 aliphatic rings. The van der Waals surface area contributed by atoms with Crippen LogP contribution in [0.4, 0.5) is 0 Å². The molecule has 7 nitrogen and oxygen atoms in total. The van der Waals surface area contributed by atoms with Crippen molar-refractivity contribution >= 4 is 11.7 Å². The summed E-state index contributed by atoms with van der Waals surface area (Å²) in [4.78, 5) is 23.1. The van der Waals surface area contributed by atoms with Gasteiger partial charge in [-0.2, -0.15) is 10.1 Å². The van der Waals surface area contributed by atoms with Gasteiger partial charge in [0.15, 0.2) is 0 Å². The Kier molecular flexibility index (Phi) is 6.25. The van der Waals surface area contributed by atoms with Crippen LogP contribution in [-0.2, 0) is 11.2 Å². The molecule has 132 valence electrons. The summed E-state index contributed by atoms with van der Waals surface area (Å²) in [5.41, 5.74) is 2.98. The minimum absolute atomic E-state index is 0.0755. The first-order valence-electron chi connectivity index (χ1n) is 8.64. The Hall–Kier alpha value is -2.02. The highest BCUT2D eigenvalue weighted by Crippen LogP contribution is 2.14. The van der Waals surface area contributed by atoms with E-state index in [0.29, 0.717) is 31.2 Å². The first-order chi connectivity index (χ1) is 11.5. The van der Waals surface area contributed by atoms with Crippen LogP contribution in [0.3, 0.4) is 0 Å². The van der Waals surface area contributed by atoms with Crippen molar-refractivity contribution in [2.24, 2.45) is 0 Å². The molecule has 0 aromatic carbocycles. The number of aryl methyl sites for hydroxylation is 2. The molecule has 0 saturated heterocycles. The van der Waals surface area contributed by atoms with Crippen LogP contribution < -0.4 is 5.32 Å². The standard InChI is InChI=1S/C17H28N6O/c1-6-22(7-2)12(3)10-18-16(24)9-8-15-13(4)21-17-19-11-20-23(17)14(15)5/h11-12H,6-10H2,1-5H3,(H,18,24). The lowest BCUT2D eigenvalue weighted by Crippen LogP contribution is -2.42. The lowest BCUT2D eigenvalue weighted by Gasteiger charge is -2.26. The molecular weight excluding hydrogens is 304 g/mol. The molecule has 0 aliphatic heterocycles. The Balaban J connectivity index is 1.92. The SMILES string of the molecule is CCN(CC)C(C)CNC(=O)CCc1c(C)nc2ncnn2c1C. The van der Waals surface area contributed by atoms with Gasteiger partial charge in [0.25, 0.3) is 5.78 Å². The molecule has 0 bridgehead atoms. The predicted octanol–water partition coefficient (Wildman–Crippen LogP) is 1.52. The summed E-state index contributed by atoms with van der Waals surface area (Å²) in [5.74, 6) is 0.678. The molecule has 1 atom stereocenters. The number of amides is 1. The zero-order valence-corrected chi connectivity index (χ0v) is 15.3. The highest BCUT2D eigenvalue weighted by Gasteiger charge is 2.14. The number of hydrogen-bond acceptors (Lipinski definition) is 5. The Bertz CT molecular complexity index is 692. The number of rotatable bonds is 8. The molecule has 0 saturated carbocycles. The van der Waals surface area contributed by atoms with E-state index in [2.05, 4.69) is 46.1 Å². The molecule has 7 heteroatoms. The van der Waals surface area contributed by atoms with Crippen molar-refractivity contribution in [1.82, 2.24) is 29.8 Å². The summed E-state index contributed by atoms with van der Waals surface area (Å²) in [7, 11) is 0. The summed E-state index contributed by atoms with van der Waals surface area (Å²) in [6.45, 7) is 13.0. The fourth-order valence-corrected chi connectivity index (χ4v) is 3.08. The van der Waals surface area contributed by atoms with Crippen LogP contribution in [0.15, 0.2) is 6.33 Å². The van der Waals surface area contributed by atoms with Gasteiger partial charge in [-0.1, -0.05) is 13.8 Å². The van der Waals surface area contributed by atoms with E-state index in [1.807, 2.05) is 13.8 Å². The van der Waals surface area contributed by atoms with Gasteiger partial charge in [0.1, 0.15) is 6.33 Å². The third kappa shape index (κ3) is 4.08. The minimum Gasteiger partial charge on any atom is -0.355 e. The third-order valence-corrected chi connectivity index (χ3v) is 4.62.